The highest BCUT2D eigenvalue weighted by molar-refractivity contribution is 5.98. The zero-order valence-corrected chi connectivity index (χ0v) is 17.2. The van der Waals surface area contributed by atoms with Crippen molar-refractivity contribution in [2.45, 2.75) is 32.2 Å². The Hall–Kier alpha value is -2.77. The number of carbonyl (C=O) groups is 1. The summed E-state index contributed by atoms with van der Waals surface area (Å²) in [5.74, 6) is 1.48. The minimum atomic E-state index is -0.126. The van der Waals surface area contributed by atoms with Crippen LogP contribution in [0.3, 0.4) is 0 Å². The maximum Gasteiger partial charge on any atom is 0.231 e. The van der Waals surface area contributed by atoms with Crippen LogP contribution in [0.2, 0.25) is 0 Å². The van der Waals surface area contributed by atoms with E-state index in [0.29, 0.717) is 36.3 Å². The second-order valence-electron chi connectivity index (χ2n) is 7.87. The van der Waals surface area contributed by atoms with Gasteiger partial charge in [0.05, 0.1) is 17.9 Å². The highest BCUT2D eigenvalue weighted by Gasteiger charge is 2.36. The molecule has 1 fully saturated rings. The van der Waals surface area contributed by atoms with Crippen molar-refractivity contribution in [1.82, 2.24) is 4.90 Å². The summed E-state index contributed by atoms with van der Waals surface area (Å²) in [4.78, 5) is 17.4. The molecule has 3 aliphatic heterocycles. The molecule has 1 N–H and O–H groups in total. The first-order chi connectivity index (χ1) is 14.7. The topological polar surface area (TPSA) is 63.3 Å². The maximum absolute atomic E-state index is 12.8. The monoisotopic (exact) mass is 409 g/mol. The zero-order valence-electron chi connectivity index (χ0n) is 17.2. The van der Waals surface area contributed by atoms with Crippen LogP contribution in [-0.2, 0) is 4.74 Å². The van der Waals surface area contributed by atoms with Crippen LogP contribution in [0.5, 0.6) is 11.5 Å². The van der Waals surface area contributed by atoms with Crippen LogP contribution in [0.4, 0.5) is 11.4 Å². The molecule has 158 valence electrons. The third-order valence-corrected chi connectivity index (χ3v) is 6.05. The molecule has 0 amide bonds. The van der Waals surface area contributed by atoms with Gasteiger partial charge < -0.3 is 24.4 Å². The lowest BCUT2D eigenvalue weighted by Gasteiger charge is -2.39. The fourth-order valence-electron chi connectivity index (χ4n) is 4.54. The molecular weight excluding hydrogens is 382 g/mol. The van der Waals surface area contributed by atoms with Gasteiger partial charge in [-0.15, -0.1) is 0 Å². The summed E-state index contributed by atoms with van der Waals surface area (Å²) in [5.41, 5.74) is 3.00. The van der Waals surface area contributed by atoms with Crippen LogP contribution in [0.15, 0.2) is 42.5 Å². The van der Waals surface area contributed by atoms with Gasteiger partial charge in [-0.25, -0.2) is 0 Å². The first kappa shape index (κ1) is 19.2. The minimum Gasteiger partial charge on any atom is -0.454 e. The van der Waals surface area contributed by atoms with Crippen molar-refractivity contribution in [3.8, 4) is 11.5 Å². The van der Waals surface area contributed by atoms with Crippen LogP contribution >= 0.6 is 0 Å². The SMILES string of the molecule is CCOC1Nc2ccccc2N1C1CCN(CC(=O)c2ccc3c(c2)OCO3)CC1. The Morgan fingerprint density at radius 2 is 1.93 bits per heavy atom. The number of nitrogens with one attached hydrogen (secondary N) is 1. The highest BCUT2D eigenvalue weighted by atomic mass is 16.7. The predicted molar refractivity (Wildman–Crippen MR) is 114 cm³/mol. The van der Waals surface area contributed by atoms with E-state index in [-0.39, 0.29) is 18.9 Å². The molecule has 0 bridgehead atoms. The van der Waals surface area contributed by atoms with E-state index in [0.717, 1.165) is 31.6 Å². The number of fused-ring (bicyclic) bond motifs is 2. The van der Waals surface area contributed by atoms with Crippen LogP contribution in [-0.4, -0.2) is 56.1 Å². The van der Waals surface area contributed by atoms with Crippen molar-refractivity contribution in [3.05, 3.63) is 48.0 Å². The summed E-state index contributed by atoms with van der Waals surface area (Å²) in [6, 6.07) is 14.2. The number of carbonyl (C=O) groups excluding carboxylic acids is 1. The predicted octanol–water partition coefficient (Wildman–Crippen LogP) is 3.31. The average Bonchev–Trinajstić information content (AvgIpc) is 3.38. The molecule has 0 saturated carbocycles. The van der Waals surface area contributed by atoms with Gasteiger partial charge in [0.1, 0.15) is 0 Å². The number of ketones is 1. The minimum absolute atomic E-state index is 0.118. The van der Waals surface area contributed by atoms with E-state index in [4.69, 9.17) is 14.2 Å². The third-order valence-electron chi connectivity index (χ3n) is 6.05. The molecule has 0 spiro atoms. The second-order valence-corrected chi connectivity index (χ2v) is 7.87. The lowest BCUT2D eigenvalue weighted by atomic mass is 10.0. The summed E-state index contributed by atoms with van der Waals surface area (Å²) in [6.07, 6.45) is 1.86. The average molecular weight is 409 g/mol. The van der Waals surface area contributed by atoms with Crippen molar-refractivity contribution < 1.29 is 19.0 Å². The number of benzene rings is 2. The van der Waals surface area contributed by atoms with Crippen molar-refractivity contribution in [2.75, 3.05) is 43.3 Å². The van der Waals surface area contributed by atoms with E-state index in [1.54, 1.807) is 6.07 Å². The van der Waals surface area contributed by atoms with Crippen LogP contribution in [0.25, 0.3) is 0 Å². The molecule has 1 saturated heterocycles. The lowest BCUT2D eigenvalue weighted by molar-refractivity contribution is 0.0690. The van der Waals surface area contributed by atoms with E-state index in [1.807, 2.05) is 25.1 Å². The molecule has 5 rings (SSSR count). The molecule has 1 atom stereocenters. The summed E-state index contributed by atoms with van der Waals surface area (Å²) in [6.45, 7) is 5.10. The molecule has 7 heteroatoms. The second kappa shape index (κ2) is 8.16. The summed E-state index contributed by atoms with van der Waals surface area (Å²) < 4.78 is 16.7. The Balaban J connectivity index is 1.21. The van der Waals surface area contributed by atoms with Gasteiger partial charge in [0.25, 0.3) is 0 Å². The molecule has 0 radical (unpaired) electrons. The smallest absolute Gasteiger partial charge is 0.231 e. The Morgan fingerprint density at radius 1 is 1.13 bits per heavy atom. The van der Waals surface area contributed by atoms with Gasteiger partial charge in [-0.2, -0.15) is 0 Å². The van der Waals surface area contributed by atoms with E-state index >= 15 is 0 Å². The van der Waals surface area contributed by atoms with E-state index in [9.17, 15) is 4.79 Å². The normalized spacial score (nSPS) is 20.8. The number of Topliss-reactive ketones (excluding diaryl/α,β-unsaturated/α-hetero) is 1. The largest absolute Gasteiger partial charge is 0.454 e. The standard InChI is InChI=1S/C23H27N3O4/c1-2-28-23-24-18-5-3-4-6-19(18)26(23)17-9-11-25(12-10-17)14-20(27)16-7-8-21-22(13-16)30-15-29-21/h3-8,13,17,23-24H,2,9-12,14-15H2,1H3. The fraction of sp³-hybridized carbons (Fsp3) is 0.435. The van der Waals surface area contributed by atoms with Crippen molar-refractivity contribution >= 4 is 17.2 Å². The summed E-state index contributed by atoms with van der Waals surface area (Å²) in [7, 11) is 0. The van der Waals surface area contributed by atoms with Crippen LogP contribution < -0.4 is 19.7 Å². The van der Waals surface area contributed by atoms with Gasteiger partial charge in [0, 0.05) is 31.3 Å². The first-order valence-corrected chi connectivity index (χ1v) is 10.6. The Morgan fingerprint density at radius 3 is 2.77 bits per heavy atom. The fourth-order valence-corrected chi connectivity index (χ4v) is 4.54. The van der Waals surface area contributed by atoms with Gasteiger partial charge in [-0.3, -0.25) is 9.69 Å². The molecule has 3 aliphatic rings. The third kappa shape index (κ3) is 3.59. The van der Waals surface area contributed by atoms with Gasteiger partial charge in [-0.1, -0.05) is 12.1 Å². The van der Waals surface area contributed by atoms with Gasteiger partial charge in [0.2, 0.25) is 13.1 Å². The van der Waals surface area contributed by atoms with Crippen LogP contribution in [0.1, 0.15) is 30.1 Å². The molecule has 0 aromatic heterocycles. The molecule has 7 nitrogen and oxygen atoms in total. The molecule has 0 aliphatic carbocycles. The Kier molecular flexibility index (Phi) is 5.23. The van der Waals surface area contributed by atoms with E-state index < -0.39 is 0 Å². The Labute approximate surface area is 176 Å². The van der Waals surface area contributed by atoms with E-state index in [1.165, 1.54) is 5.69 Å². The summed E-state index contributed by atoms with van der Waals surface area (Å²) in [5, 5.41) is 3.48. The number of rotatable bonds is 6. The molecule has 3 heterocycles. The maximum atomic E-state index is 12.8. The quantitative estimate of drug-likeness (QED) is 0.735. The molecule has 2 aromatic rings. The van der Waals surface area contributed by atoms with Crippen LogP contribution in [0, 0.1) is 0 Å². The molecule has 30 heavy (non-hydrogen) atoms. The number of ether oxygens (including phenoxy) is 3. The highest BCUT2D eigenvalue weighted by Crippen LogP contribution is 2.38. The molecule has 2 aromatic carbocycles. The molecular formula is C23H27N3O4. The number of hydrogen-bond donors (Lipinski definition) is 1. The van der Waals surface area contributed by atoms with Gasteiger partial charge >= 0.3 is 0 Å². The molecule has 1 unspecified atom stereocenters. The van der Waals surface area contributed by atoms with Crippen molar-refractivity contribution in [2.24, 2.45) is 0 Å². The van der Waals surface area contributed by atoms with Crippen molar-refractivity contribution in [3.63, 3.8) is 0 Å². The van der Waals surface area contributed by atoms with E-state index in [2.05, 4.69) is 33.3 Å². The Bertz CT molecular complexity index is 926. The van der Waals surface area contributed by atoms with Gasteiger partial charge in [0.15, 0.2) is 17.3 Å². The number of likely N-dealkylation sites (tertiary alicyclic amines) is 1. The van der Waals surface area contributed by atoms with Crippen molar-refractivity contribution in [1.29, 1.82) is 0 Å². The number of hydrogen-bond acceptors (Lipinski definition) is 7. The number of anilines is 2. The lowest BCUT2D eigenvalue weighted by Crippen LogP contribution is -2.50. The zero-order chi connectivity index (χ0) is 20.5. The number of piperidine rings is 1. The number of nitrogens with zero attached hydrogens (tertiary/aromatic N) is 2. The first-order valence-electron chi connectivity index (χ1n) is 10.6. The number of para-hydroxylation sites is 2. The van der Waals surface area contributed by atoms with Gasteiger partial charge in [-0.05, 0) is 50.1 Å². The summed E-state index contributed by atoms with van der Waals surface area (Å²) >= 11 is 0.